The number of benzene rings is 1. The van der Waals surface area contributed by atoms with Gasteiger partial charge < -0.3 is 10.0 Å². The van der Waals surface area contributed by atoms with Crippen LogP contribution in [0.25, 0.3) is 0 Å². The van der Waals surface area contributed by atoms with Gasteiger partial charge in [0.25, 0.3) is 0 Å². The molecule has 0 aliphatic carbocycles. The summed E-state index contributed by atoms with van der Waals surface area (Å²) in [6.45, 7) is 0.231. The molecule has 19 heavy (non-hydrogen) atoms. The molecule has 1 aromatic rings. The molecule has 0 saturated carbocycles. The number of β-amino-alcohol motifs (C(OH)–C–C–N with tert-alkyl or cyclic N) is 1. The molecule has 2 atom stereocenters. The van der Waals surface area contributed by atoms with Crippen LogP contribution in [0, 0.1) is 5.82 Å². The normalized spacial score (nSPS) is 25.1. The third-order valence-corrected chi connectivity index (χ3v) is 5.15. The van der Waals surface area contributed by atoms with Crippen molar-refractivity contribution in [3.05, 3.63) is 30.1 Å². The van der Waals surface area contributed by atoms with Crippen molar-refractivity contribution in [2.75, 3.05) is 27.2 Å². The van der Waals surface area contributed by atoms with Gasteiger partial charge in [0, 0.05) is 13.1 Å². The fourth-order valence-corrected chi connectivity index (χ4v) is 3.72. The van der Waals surface area contributed by atoms with E-state index in [1.54, 1.807) is 19.0 Å². The molecule has 0 radical (unpaired) electrons. The van der Waals surface area contributed by atoms with E-state index in [2.05, 4.69) is 0 Å². The predicted molar refractivity (Wildman–Crippen MR) is 68.6 cm³/mol. The molecular weight excluding hydrogens is 271 g/mol. The Morgan fingerprint density at radius 1 is 1.37 bits per heavy atom. The van der Waals surface area contributed by atoms with Crippen LogP contribution in [0.4, 0.5) is 4.39 Å². The van der Waals surface area contributed by atoms with E-state index in [0.717, 1.165) is 6.07 Å². The van der Waals surface area contributed by atoms with Crippen LogP contribution in [0.15, 0.2) is 29.2 Å². The summed E-state index contributed by atoms with van der Waals surface area (Å²) in [7, 11) is -0.186. The minimum absolute atomic E-state index is 0.0295. The van der Waals surface area contributed by atoms with Crippen LogP contribution in [0.5, 0.6) is 0 Å². The van der Waals surface area contributed by atoms with Gasteiger partial charge in [-0.2, -0.15) is 4.31 Å². The maximum absolute atomic E-state index is 13.1. The number of aliphatic hydroxyl groups is 1. The lowest BCUT2D eigenvalue weighted by Crippen LogP contribution is -2.38. The monoisotopic (exact) mass is 288 g/mol. The van der Waals surface area contributed by atoms with Crippen LogP contribution in [-0.4, -0.2) is 62.1 Å². The van der Waals surface area contributed by atoms with Gasteiger partial charge in [0.2, 0.25) is 10.0 Å². The standard InChI is InChI=1S/C12H17FN2O3S/c1-14(2)11-7-15(8-12(11)16)19(17,18)10-5-3-4-9(13)6-10/h3-6,11-12,16H,7-8H2,1-2H3/t11-,12-/m0/s1. The fourth-order valence-electron chi connectivity index (χ4n) is 2.22. The van der Waals surface area contributed by atoms with Crippen LogP contribution >= 0.6 is 0 Å². The summed E-state index contributed by atoms with van der Waals surface area (Å²) in [4.78, 5) is 1.70. The number of hydrogen-bond donors (Lipinski definition) is 1. The maximum atomic E-state index is 13.1. The maximum Gasteiger partial charge on any atom is 0.243 e. The molecule has 2 rings (SSSR count). The Morgan fingerprint density at radius 3 is 2.58 bits per heavy atom. The number of sulfonamides is 1. The summed E-state index contributed by atoms with van der Waals surface area (Å²) in [5, 5.41) is 9.87. The molecule has 0 unspecified atom stereocenters. The van der Waals surface area contributed by atoms with Crippen molar-refractivity contribution < 1.29 is 17.9 Å². The zero-order valence-electron chi connectivity index (χ0n) is 10.8. The zero-order valence-corrected chi connectivity index (χ0v) is 11.6. The molecular formula is C12H17FN2O3S. The molecule has 1 aliphatic rings. The topological polar surface area (TPSA) is 60.9 Å². The summed E-state index contributed by atoms with van der Waals surface area (Å²) in [5.74, 6) is -0.593. The second-order valence-corrected chi connectivity index (χ2v) is 6.82. The third-order valence-electron chi connectivity index (χ3n) is 3.32. The highest BCUT2D eigenvalue weighted by atomic mass is 32.2. The second-order valence-electron chi connectivity index (χ2n) is 4.88. The number of likely N-dealkylation sites (N-methyl/N-ethyl adjacent to an activating group) is 1. The van der Waals surface area contributed by atoms with E-state index in [-0.39, 0.29) is 24.0 Å². The van der Waals surface area contributed by atoms with E-state index >= 15 is 0 Å². The van der Waals surface area contributed by atoms with Crippen LogP contribution < -0.4 is 0 Å². The first-order chi connectivity index (χ1) is 8.82. The quantitative estimate of drug-likeness (QED) is 0.858. The van der Waals surface area contributed by atoms with Crippen molar-refractivity contribution in [1.29, 1.82) is 0 Å². The molecule has 106 valence electrons. The van der Waals surface area contributed by atoms with Gasteiger partial charge in [0.05, 0.1) is 17.0 Å². The minimum Gasteiger partial charge on any atom is -0.390 e. The molecule has 1 heterocycles. The fraction of sp³-hybridized carbons (Fsp3) is 0.500. The Balaban J connectivity index is 2.27. The zero-order chi connectivity index (χ0) is 14.2. The van der Waals surface area contributed by atoms with E-state index in [0.29, 0.717) is 0 Å². The lowest BCUT2D eigenvalue weighted by atomic mass is 10.2. The van der Waals surface area contributed by atoms with E-state index in [9.17, 15) is 17.9 Å². The third kappa shape index (κ3) is 2.79. The molecule has 0 amide bonds. The first-order valence-electron chi connectivity index (χ1n) is 5.92. The molecule has 0 bridgehead atoms. The van der Waals surface area contributed by atoms with Crippen molar-refractivity contribution in [1.82, 2.24) is 9.21 Å². The Hall–Kier alpha value is -1.02. The Labute approximate surface area is 112 Å². The number of aliphatic hydroxyl groups excluding tert-OH is 1. The van der Waals surface area contributed by atoms with Crippen LogP contribution in [0.1, 0.15) is 0 Å². The number of hydrogen-bond acceptors (Lipinski definition) is 4. The molecule has 7 heteroatoms. The summed E-state index contributed by atoms with van der Waals surface area (Å²) in [5.41, 5.74) is 0. The summed E-state index contributed by atoms with van der Waals surface area (Å²) < 4.78 is 39.0. The average molecular weight is 288 g/mol. The Bertz CT molecular complexity index is 562. The lowest BCUT2D eigenvalue weighted by Gasteiger charge is -2.21. The van der Waals surface area contributed by atoms with E-state index < -0.39 is 21.9 Å². The first-order valence-corrected chi connectivity index (χ1v) is 7.36. The van der Waals surface area contributed by atoms with Gasteiger partial charge in [0.15, 0.2) is 0 Å². The van der Waals surface area contributed by atoms with Crippen LogP contribution in [0.3, 0.4) is 0 Å². The van der Waals surface area contributed by atoms with E-state index in [1.165, 1.54) is 22.5 Å². The van der Waals surface area contributed by atoms with Gasteiger partial charge in [0.1, 0.15) is 5.82 Å². The largest absolute Gasteiger partial charge is 0.390 e. The van der Waals surface area contributed by atoms with Crippen molar-refractivity contribution in [2.24, 2.45) is 0 Å². The summed E-state index contributed by atoms with van der Waals surface area (Å²) in [6.07, 6.45) is -0.738. The van der Waals surface area contributed by atoms with E-state index in [1.807, 2.05) is 0 Å². The van der Waals surface area contributed by atoms with Gasteiger partial charge in [-0.05, 0) is 32.3 Å². The van der Waals surface area contributed by atoms with Gasteiger partial charge >= 0.3 is 0 Å². The highest BCUT2D eigenvalue weighted by molar-refractivity contribution is 7.89. The van der Waals surface area contributed by atoms with Crippen LogP contribution in [0.2, 0.25) is 0 Å². The van der Waals surface area contributed by atoms with Crippen molar-refractivity contribution in [3.63, 3.8) is 0 Å². The SMILES string of the molecule is CN(C)[C@H]1CN(S(=O)(=O)c2cccc(F)c2)C[C@@H]1O. The Morgan fingerprint density at radius 2 is 2.05 bits per heavy atom. The highest BCUT2D eigenvalue weighted by Crippen LogP contribution is 2.23. The van der Waals surface area contributed by atoms with Gasteiger partial charge in [-0.1, -0.05) is 6.07 Å². The van der Waals surface area contributed by atoms with Crippen LogP contribution in [-0.2, 0) is 10.0 Å². The van der Waals surface area contributed by atoms with Gasteiger partial charge in [-0.15, -0.1) is 0 Å². The minimum atomic E-state index is -3.75. The van der Waals surface area contributed by atoms with Crippen molar-refractivity contribution in [3.8, 4) is 0 Å². The molecule has 1 fully saturated rings. The number of rotatable bonds is 3. The lowest BCUT2D eigenvalue weighted by molar-refractivity contribution is 0.113. The molecule has 1 aromatic carbocycles. The average Bonchev–Trinajstić information content (AvgIpc) is 2.72. The highest BCUT2D eigenvalue weighted by Gasteiger charge is 2.39. The number of halogens is 1. The summed E-state index contributed by atoms with van der Waals surface area (Å²) in [6, 6.07) is 4.65. The molecule has 1 N–H and O–H groups in total. The number of nitrogens with zero attached hydrogens (tertiary/aromatic N) is 2. The summed E-state index contributed by atoms with van der Waals surface area (Å²) >= 11 is 0. The van der Waals surface area contributed by atoms with Gasteiger partial charge in [-0.3, -0.25) is 0 Å². The molecule has 0 spiro atoms. The van der Waals surface area contributed by atoms with Crippen molar-refractivity contribution >= 4 is 10.0 Å². The first kappa shape index (κ1) is 14.4. The van der Waals surface area contributed by atoms with Crippen molar-refractivity contribution in [2.45, 2.75) is 17.0 Å². The smallest absolute Gasteiger partial charge is 0.243 e. The second kappa shape index (κ2) is 5.16. The van der Waals surface area contributed by atoms with E-state index in [4.69, 9.17) is 0 Å². The molecule has 0 aromatic heterocycles. The molecule has 1 aliphatic heterocycles. The van der Waals surface area contributed by atoms with Gasteiger partial charge in [-0.25, -0.2) is 12.8 Å². The predicted octanol–water partition coefficient (Wildman–Crippen LogP) is 0.121. The molecule has 5 nitrogen and oxygen atoms in total. The Kier molecular flexibility index (Phi) is 3.91. The molecule has 1 saturated heterocycles.